The number of aromatic amines is 1. The van der Waals surface area contributed by atoms with Crippen LogP contribution in [0.1, 0.15) is 32.7 Å². The van der Waals surface area contributed by atoms with Gasteiger partial charge in [0.15, 0.2) is 0 Å². The van der Waals surface area contributed by atoms with Gasteiger partial charge < -0.3 is 15.0 Å². The number of benzene rings is 2. The van der Waals surface area contributed by atoms with Crippen molar-refractivity contribution in [2.45, 2.75) is 20.8 Å². The van der Waals surface area contributed by atoms with Crippen LogP contribution in [0.3, 0.4) is 0 Å². The van der Waals surface area contributed by atoms with E-state index in [0.717, 1.165) is 27.7 Å². The van der Waals surface area contributed by atoms with Gasteiger partial charge in [-0.15, -0.1) is 0 Å². The molecule has 0 aliphatic heterocycles. The Labute approximate surface area is 174 Å². The first kappa shape index (κ1) is 19.2. The van der Waals surface area contributed by atoms with Gasteiger partial charge in [-0.3, -0.25) is 4.79 Å². The topological polar surface area (TPSA) is 90.8 Å². The highest BCUT2D eigenvalue weighted by Crippen LogP contribution is 2.28. The zero-order valence-corrected chi connectivity index (χ0v) is 16.9. The maximum Gasteiger partial charge on any atom is 0.255 e. The van der Waals surface area contributed by atoms with E-state index in [-0.39, 0.29) is 11.8 Å². The summed E-state index contributed by atoms with van der Waals surface area (Å²) in [5.74, 6) is 0.616. The van der Waals surface area contributed by atoms with E-state index in [1.54, 1.807) is 36.5 Å². The molecule has 4 rings (SSSR count). The Morgan fingerprint density at radius 1 is 1.13 bits per heavy atom. The molecule has 0 fully saturated rings. The van der Waals surface area contributed by atoms with E-state index in [0.29, 0.717) is 22.6 Å². The molecule has 148 valence electrons. The molecular formula is C24H20N4O2. The van der Waals surface area contributed by atoms with Crippen LogP contribution in [0.4, 0.5) is 5.69 Å². The second-order valence-electron chi connectivity index (χ2n) is 7.14. The molecule has 6 nitrogen and oxygen atoms in total. The lowest BCUT2D eigenvalue weighted by atomic mass is 10.1. The Morgan fingerprint density at radius 3 is 2.73 bits per heavy atom. The normalized spacial score (nSPS) is 10.6. The molecule has 2 heterocycles. The van der Waals surface area contributed by atoms with Crippen LogP contribution in [-0.4, -0.2) is 15.9 Å². The number of nitrogens with one attached hydrogen (secondary N) is 2. The number of pyridine rings is 1. The molecule has 2 aromatic heterocycles. The van der Waals surface area contributed by atoms with Crippen molar-refractivity contribution in [2.24, 2.45) is 0 Å². The Morgan fingerprint density at radius 2 is 1.97 bits per heavy atom. The fourth-order valence-electron chi connectivity index (χ4n) is 3.31. The van der Waals surface area contributed by atoms with Gasteiger partial charge in [-0.05, 0) is 80.4 Å². The highest BCUT2D eigenvalue weighted by molar-refractivity contribution is 6.07. The Bertz CT molecular complexity index is 1310. The van der Waals surface area contributed by atoms with Crippen molar-refractivity contribution in [3.8, 4) is 17.7 Å². The average molecular weight is 396 g/mol. The van der Waals surface area contributed by atoms with Gasteiger partial charge in [-0.2, -0.15) is 5.26 Å². The van der Waals surface area contributed by atoms with Crippen molar-refractivity contribution in [3.63, 3.8) is 0 Å². The number of aryl methyl sites for hydroxylation is 3. The monoisotopic (exact) mass is 396 g/mol. The summed E-state index contributed by atoms with van der Waals surface area (Å²) in [5.41, 5.74) is 5.74. The highest BCUT2D eigenvalue weighted by atomic mass is 16.5. The first-order valence-corrected chi connectivity index (χ1v) is 9.50. The van der Waals surface area contributed by atoms with Gasteiger partial charge in [0.05, 0.1) is 0 Å². The van der Waals surface area contributed by atoms with E-state index in [1.165, 1.54) is 0 Å². The van der Waals surface area contributed by atoms with E-state index < -0.39 is 0 Å². The molecular weight excluding hydrogens is 376 g/mol. The number of nitriles is 1. The molecule has 0 saturated carbocycles. The quantitative estimate of drug-likeness (QED) is 0.483. The van der Waals surface area contributed by atoms with Crippen LogP contribution in [0.5, 0.6) is 11.6 Å². The fraction of sp³-hybridized carbons (Fsp3) is 0.125. The lowest BCUT2D eigenvalue weighted by Gasteiger charge is -2.11. The number of rotatable bonds is 4. The molecule has 2 N–H and O–H groups in total. The van der Waals surface area contributed by atoms with Crippen LogP contribution in [0.2, 0.25) is 0 Å². The van der Waals surface area contributed by atoms with Crippen molar-refractivity contribution in [1.29, 1.82) is 5.26 Å². The van der Waals surface area contributed by atoms with Crippen molar-refractivity contribution in [3.05, 3.63) is 82.7 Å². The van der Waals surface area contributed by atoms with Crippen molar-refractivity contribution in [2.75, 3.05) is 5.32 Å². The lowest BCUT2D eigenvalue weighted by molar-refractivity contribution is 0.102. The Balaban J connectivity index is 1.54. The SMILES string of the molecule is Cc1cc(Oc2ncccc2C#N)ccc1NC(=O)c1ccc2[nH]c(C)c(C)c2c1. The van der Waals surface area contributed by atoms with Gasteiger partial charge >= 0.3 is 0 Å². The third-order valence-electron chi connectivity index (χ3n) is 5.12. The molecule has 4 aromatic rings. The van der Waals surface area contributed by atoms with Crippen LogP contribution in [0.25, 0.3) is 10.9 Å². The number of amides is 1. The molecule has 0 unspecified atom stereocenters. The van der Waals surface area contributed by atoms with Crippen LogP contribution in [0, 0.1) is 32.1 Å². The van der Waals surface area contributed by atoms with Gasteiger partial charge in [-0.25, -0.2) is 4.98 Å². The van der Waals surface area contributed by atoms with Gasteiger partial charge in [0.1, 0.15) is 17.4 Å². The summed E-state index contributed by atoms with van der Waals surface area (Å²) in [6, 6.07) is 16.3. The van der Waals surface area contributed by atoms with Crippen molar-refractivity contribution >= 4 is 22.5 Å². The average Bonchev–Trinajstić information content (AvgIpc) is 3.03. The summed E-state index contributed by atoms with van der Waals surface area (Å²) in [7, 11) is 0. The molecule has 1 amide bonds. The molecule has 0 saturated heterocycles. The van der Waals surface area contributed by atoms with E-state index in [1.807, 2.05) is 39.0 Å². The summed E-state index contributed by atoms with van der Waals surface area (Å²) in [5, 5.41) is 13.2. The third kappa shape index (κ3) is 3.61. The zero-order chi connectivity index (χ0) is 21.3. The van der Waals surface area contributed by atoms with Gasteiger partial charge in [0, 0.05) is 34.0 Å². The van der Waals surface area contributed by atoms with E-state index in [2.05, 4.69) is 21.4 Å². The Kier molecular flexibility index (Phi) is 4.95. The fourth-order valence-corrected chi connectivity index (χ4v) is 3.31. The largest absolute Gasteiger partial charge is 0.438 e. The number of nitrogens with zero attached hydrogens (tertiary/aromatic N) is 2. The number of fused-ring (bicyclic) bond motifs is 1. The first-order valence-electron chi connectivity index (χ1n) is 9.50. The minimum absolute atomic E-state index is 0.177. The van der Waals surface area contributed by atoms with Crippen LogP contribution in [0.15, 0.2) is 54.7 Å². The van der Waals surface area contributed by atoms with Crippen LogP contribution in [-0.2, 0) is 0 Å². The molecule has 0 bridgehead atoms. The molecule has 0 radical (unpaired) electrons. The van der Waals surface area contributed by atoms with E-state index in [4.69, 9.17) is 10.00 Å². The van der Waals surface area contributed by atoms with Crippen molar-refractivity contribution in [1.82, 2.24) is 9.97 Å². The predicted molar refractivity (Wildman–Crippen MR) is 116 cm³/mol. The van der Waals surface area contributed by atoms with E-state index >= 15 is 0 Å². The summed E-state index contributed by atoms with van der Waals surface area (Å²) >= 11 is 0. The minimum Gasteiger partial charge on any atom is -0.438 e. The number of carbonyl (C=O) groups excluding carboxylic acids is 1. The molecule has 0 spiro atoms. The first-order chi connectivity index (χ1) is 14.5. The number of carbonyl (C=O) groups is 1. The van der Waals surface area contributed by atoms with Crippen LogP contribution >= 0.6 is 0 Å². The molecule has 0 aliphatic rings. The molecule has 6 heteroatoms. The van der Waals surface area contributed by atoms with Gasteiger partial charge in [0.25, 0.3) is 5.91 Å². The van der Waals surface area contributed by atoms with Gasteiger partial charge in [-0.1, -0.05) is 0 Å². The second kappa shape index (κ2) is 7.72. The molecule has 0 atom stereocenters. The maximum atomic E-state index is 12.8. The maximum absolute atomic E-state index is 12.8. The minimum atomic E-state index is -0.177. The summed E-state index contributed by atoms with van der Waals surface area (Å²) in [6.45, 7) is 5.94. The third-order valence-corrected chi connectivity index (χ3v) is 5.12. The number of anilines is 1. The lowest BCUT2D eigenvalue weighted by Crippen LogP contribution is -2.12. The smallest absolute Gasteiger partial charge is 0.255 e. The van der Waals surface area contributed by atoms with Crippen LogP contribution < -0.4 is 10.1 Å². The van der Waals surface area contributed by atoms with Gasteiger partial charge in [0.2, 0.25) is 5.88 Å². The summed E-state index contributed by atoms with van der Waals surface area (Å²) in [6.07, 6.45) is 1.57. The second-order valence-corrected chi connectivity index (χ2v) is 7.14. The summed E-state index contributed by atoms with van der Waals surface area (Å²) < 4.78 is 5.74. The summed E-state index contributed by atoms with van der Waals surface area (Å²) in [4.78, 5) is 20.2. The number of aromatic nitrogens is 2. The standard InChI is InChI=1S/C24H20N4O2/c1-14-11-19(30-24-18(13-25)5-4-10-26-24)7-9-21(14)28-23(29)17-6-8-22-20(12-17)15(2)16(3)27-22/h4-12,27H,1-3H3,(H,28,29). The Hall–Kier alpha value is -4.11. The number of H-pyrrole nitrogens is 1. The van der Waals surface area contributed by atoms with Crippen molar-refractivity contribution < 1.29 is 9.53 Å². The highest BCUT2D eigenvalue weighted by Gasteiger charge is 2.12. The molecule has 2 aromatic carbocycles. The number of hydrogen-bond donors (Lipinski definition) is 2. The molecule has 0 aliphatic carbocycles. The predicted octanol–water partition coefficient (Wildman–Crippen LogP) is 5.40. The molecule has 30 heavy (non-hydrogen) atoms. The van der Waals surface area contributed by atoms with E-state index in [9.17, 15) is 4.79 Å². The number of hydrogen-bond acceptors (Lipinski definition) is 4. The number of ether oxygens (including phenoxy) is 1. The zero-order valence-electron chi connectivity index (χ0n) is 16.9.